The van der Waals surface area contributed by atoms with Crippen LogP contribution >= 0.6 is 0 Å². The number of amides is 1. The van der Waals surface area contributed by atoms with E-state index in [2.05, 4.69) is 0 Å². The molecule has 1 saturated heterocycles. The number of allylic oxidation sites excluding steroid dienone is 1. The summed E-state index contributed by atoms with van der Waals surface area (Å²) in [6.45, 7) is 0.575. The van der Waals surface area contributed by atoms with Crippen molar-refractivity contribution in [3.8, 4) is 0 Å². The minimum atomic E-state index is -0.773. The summed E-state index contributed by atoms with van der Waals surface area (Å²) < 4.78 is 0. The Hall–Kier alpha value is -2.14. The number of rotatable bonds is 11. The van der Waals surface area contributed by atoms with Gasteiger partial charge < -0.3 is 15.1 Å². The van der Waals surface area contributed by atoms with Gasteiger partial charge in [0.25, 0.3) is 0 Å². The van der Waals surface area contributed by atoms with E-state index < -0.39 is 12.1 Å². The fourth-order valence-electron chi connectivity index (χ4n) is 3.76. The Bertz CT molecular complexity index is 629. The topological polar surface area (TPSA) is 77.8 Å². The van der Waals surface area contributed by atoms with E-state index in [1.807, 2.05) is 47.4 Å². The maximum atomic E-state index is 12.5. The fourth-order valence-corrected chi connectivity index (χ4v) is 3.76. The second kappa shape index (κ2) is 12.3. The number of aliphatic carboxylic acids is 1. The number of carbonyl (C=O) groups is 2. The minimum Gasteiger partial charge on any atom is -0.481 e. The van der Waals surface area contributed by atoms with Crippen molar-refractivity contribution < 1.29 is 19.8 Å². The van der Waals surface area contributed by atoms with Crippen molar-refractivity contribution >= 4 is 11.9 Å². The highest BCUT2D eigenvalue weighted by molar-refractivity contribution is 5.77. The third-order valence-electron chi connectivity index (χ3n) is 5.32. The molecule has 0 radical (unpaired) electrons. The molecule has 0 bridgehead atoms. The van der Waals surface area contributed by atoms with Gasteiger partial charge in [0.15, 0.2) is 0 Å². The molecule has 0 aromatic heterocycles. The van der Waals surface area contributed by atoms with E-state index in [-0.39, 0.29) is 18.4 Å². The number of carbonyl (C=O) groups excluding carboxylic acids is 1. The molecule has 1 aliphatic rings. The molecule has 1 amide bonds. The monoisotopic (exact) mass is 387 g/mol. The first-order valence-corrected chi connectivity index (χ1v) is 10.4. The molecular weight excluding hydrogens is 354 g/mol. The van der Waals surface area contributed by atoms with Crippen molar-refractivity contribution in [1.82, 2.24) is 4.90 Å². The average Bonchev–Trinajstić information content (AvgIpc) is 2.85. The van der Waals surface area contributed by atoms with E-state index in [0.717, 1.165) is 37.7 Å². The number of carboxylic acids is 1. The Morgan fingerprint density at radius 2 is 2.00 bits per heavy atom. The largest absolute Gasteiger partial charge is 0.481 e. The van der Waals surface area contributed by atoms with Crippen molar-refractivity contribution in [2.24, 2.45) is 0 Å². The summed E-state index contributed by atoms with van der Waals surface area (Å²) in [6.07, 6.45) is 10.8. The molecule has 5 heteroatoms. The third kappa shape index (κ3) is 8.26. The van der Waals surface area contributed by atoms with Crippen LogP contribution in [0.5, 0.6) is 0 Å². The van der Waals surface area contributed by atoms with E-state index in [1.54, 1.807) is 0 Å². The van der Waals surface area contributed by atoms with Crippen LogP contribution in [-0.4, -0.2) is 45.7 Å². The van der Waals surface area contributed by atoms with Gasteiger partial charge in [0.1, 0.15) is 0 Å². The molecule has 1 aromatic rings. The minimum absolute atomic E-state index is 0.170. The quantitative estimate of drug-likeness (QED) is 0.445. The van der Waals surface area contributed by atoms with Gasteiger partial charge in [-0.1, -0.05) is 48.9 Å². The first-order valence-electron chi connectivity index (χ1n) is 10.4. The number of carboxylic acid groups (broad SMARTS) is 1. The number of nitrogens with zero attached hydrogens (tertiary/aromatic N) is 1. The summed E-state index contributed by atoms with van der Waals surface area (Å²) in [5.74, 6) is -0.583. The summed E-state index contributed by atoms with van der Waals surface area (Å²) in [6, 6.07) is 10.2. The Balaban J connectivity index is 1.83. The van der Waals surface area contributed by atoms with E-state index >= 15 is 0 Å². The van der Waals surface area contributed by atoms with Crippen LogP contribution in [0, 0.1) is 0 Å². The second-order valence-electron chi connectivity index (χ2n) is 7.62. The third-order valence-corrected chi connectivity index (χ3v) is 5.32. The van der Waals surface area contributed by atoms with Crippen LogP contribution in [0.4, 0.5) is 0 Å². The van der Waals surface area contributed by atoms with Crippen LogP contribution in [0.1, 0.15) is 63.4 Å². The fraction of sp³-hybridized carbons (Fsp3) is 0.565. The molecule has 5 nitrogen and oxygen atoms in total. The number of benzene rings is 1. The van der Waals surface area contributed by atoms with Crippen molar-refractivity contribution in [2.75, 3.05) is 6.54 Å². The smallest absolute Gasteiger partial charge is 0.303 e. The predicted molar refractivity (Wildman–Crippen MR) is 110 cm³/mol. The van der Waals surface area contributed by atoms with Gasteiger partial charge in [-0.25, -0.2) is 0 Å². The molecule has 0 aliphatic carbocycles. The van der Waals surface area contributed by atoms with Gasteiger partial charge >= 0.3 is 5.97 Å². The number of hydrogen-bond acceptors (Lipinski definition) is 3. The summed E-state index contributed by atoms with van der Waals surface area (Å²) in [4.78, 5) is 25.0. The van der Waals surface area contributed by atoms with Crippen LogP contribution in [0.2, 0.25) is 0 Å². The second-order valence-corrected chi connectivity index (χ2v) is 7.62. The first-order chi connectivity index (χ1) is 13.6. The van der Waals surface area contributed by atoms with E-state index in [9.17, 15) is 14.7 Å². The van der Waals surface area contributed by atoms with Gasteiger partial charge in [-0.2, -0.15) is 0 Å². The molecule has 2 atom stereocenters. The van der Waals surface area contributed by atoms with E-state index in [1.165, 1.54) is 0 Å². The van der Waals surface area contributed by atoms with Gasteiger partial charge in [0.2, 0.25) is 5.91 Å². The SMILES string of the molecule is O=C(O)CCCC=CCN1C(=O)CCCCC1CCC(O)Cc1ccccc1. The zero-order valence-corrected chi connectivity index (χ0v) is 16.6. The van der Waals surface area contributed by atoms with E-state index in [4.69, 9.17) is 5.11 Å². The average molecular weight is 388 g/mol. The highest BCUT2D eigenvalue weighted by atomic mass is 16.4. The van der Waals surface area contributed by atoms with Crippen LogP contribution in [0.3, 0.4) is 0 Å². The Morgan fingerprint density at radius 1 is 1.21 bits per heavy atom. The Labute approximate surface area is 168 Å². The first kappa shape index (κ1) is 22.2. The molecule has 0 saturated carbocycles. The maximum absolute atomic E-state index is 12.5. The van der Waals surface area contributed by atoms with Crippen LogP contribution in [-0.2, 0) is 16.0 Å². The molecule has 1 aromatic carbocycles. The summed E-state index contributed by atoms with van der Waals surface area (Å²) >= 11 is 0. The molecule has 2 unspecified atom stereocenters. The van der Waals surface area contributed by atoms with Gasteiger partial charge in [-0.15, -0.1) is 0 Å². The lowest BCUT2D eigenvalue weighted by Crippen LogP contribution is -2.39. The van der Waals surface area contributed by atoms with Gasteiger partial charge in [-0.05, 0) is 50.5 Å². The van der Waals surface area contributed by atoms with Gasteiger partial charge in [0, 0.05) is 25.4 Å². The number of unbranched alkanes of at least 4 members (excludes halogenated alkanes) is 1. The van der Waals surface area contributed by atoms with Crippen LogP contribution < -0.4 is 0 Å². The molecule has 28 heavy (non-hydrogen) atoms. The number of aliphatic hydroxyl groups is 1. The highest BCUT2D eigenvalue weighted by Crippen LogP contribution is 2.22. The van der Waals surface area contributed by atoms with Crippen molar-refractivity contribution in [1.29, 1.82) is 0 Å². The predicted octanol–water partition coefficient (Wildman–Crippen LogP) is 3.95. The standard InChI is InChI=1S/C23H33NO4/c25-21(18-19-10-4-3-5-11-19)16-15-20-12-7-8-13-22(26)24(20)17-9-2-1-6-14-23(27)28/h2-5,9-11,20-21,25H,1,6-8,12-18H2,(H,27,28). The van der Waals surface area contributed by atoms with Gasteiger partial charge in [0.05, 0.1) is 6.10 Å². The highest BCUT2D eigenvalue weighted by Gasteiger charge is 2.25. The normalized spacial score (nSPS) is 19.0. The van der Waals surface area contributed by atoms with Crippen molar-refractivity contribution in [3.05, 3.63) is 48.0 Å². The lowest BCUT2D eigenvalue weighted by molar-refractivity contribution is -0.137. The molecule has 1 fully saturated rings. The molecular formula is C23H33NO4. The molecule has 1 aliphatic heterocycles. The zero-order valence-electron chi connectivity index (χ0n) is 16.6. The summed E-state index contributed by atoms with van der Waals surface area (Å²) in [7, 11) is 0. The lowest BCUT2D eigenvalue weighted by atomic mass is 9.98. The Kier molecular flexibility index (Phi) is 9.77. The molecule has 0 spiro atoms. The number of hydrogen-bond donors (Lipinski definition) is 2. The van der Waals surface area contributed by atoms with Crippen molar-refractivity contribution in [2.45, 2.75) is 76.4 Å². The summed E-state index contributed by atoms with van der Waals surface area (Å²) in [5.41, 5.74) is 1.13. The molecule has 1 heterocycles. The van der Waals surface area contributed by atoms with Crippen LogP contribution in [0.15, 0.2) is 42.5 Å². The van der Waals surface area contributed by atoms with Gasteiger partial charge in [-0.3, -0.25) is 9.59 Å². The maximum Gasteiger partial charge on any atom is 0.303 e. The Morgan fingerprint density at radius 3 is 2.75 bits per heavy atom. The number of likely N-dealkylation sites (tertiary alicyclic amines) is 1. The summed E-state index contributed by atoms with van der Waals surface area (Å²) in [5, 5.41) is 19.1. The molecule has 2 rings (SSSR count). The zero-order chi connectivity index (χ0) is 20.2. The van der Waals surface area contributed by atoms with Crippen LogP contribution in [0.25, 0.3) is 0 Å². The molecule has 154 valence electrons. The lowest BCUT2D eigenvalue weighted by Gasteiger charge is -2.30. The number of aliphatic hydroxyl groups excluding tert-OH is 1. The molecule has 2 N–H and O–H groups in total. The van der Waals surface area contributed by atoms with E-state index in [0.29, 0.717) is 32.2 Å². The van der Waals surface area contributed by atoms with Crippen molar-refractivity contribution in [3.63, 3.8) is 0 Å².